The van der Waals surface area contributed by atoms with Gasteiger partial charge >= 0.3 is 0 Å². The van der Waals surface area contributed by atoms with Crippen molar-refractivity contribution in [3.63, 3.8) is 0 Å². The quantitative estimate of drug-likeness (QED) is 0.752. The van der Waals surface area contributed by atoms with Crippen LogP contribution in [0.5, 0.6) is 0 Å². The van der Waals surface area contributed by atoms with Crippen LogP contribution in [0.4, 0.5) is 0 Å². The van der Waals surface area contributed by atoms with Gasteiger partial charge in [0.2, 0.25) is 0 Å². The molecule has 3 nitrogen and oxygen atoms in total. The second kappa shape index (κ2) is 3.50. The van der Waals surface area contributed by atoms with E-state index < -0.39 is 0 Å². The average molecular weight is 179 g/mol. The maximum absolute atomic E-state index is 4.39. The van der Waals surface area contributed by atoms with E-state index in [1.807, 2.05) is 18.7 Å². The first kappa shape index (κ1) is 8.75. The molecule has 0 spiro atoms. The van der Waals surface area contributed by atoms with Crippen molar-refractivity contribution >= 4 is 0 Å². The zero-order valence-corrected chi connectivity index (χ0v) is 8.33. The van der Waals surface area contributed by atoms with Crippen molar-refractivity contribution in [2.45, 2.75) is 32.4 Å². The fourth-order valence-corrected chi connectivity index (χ4v) is 1.74. The summed E-state index contributed by atoms with van der Waals surface area (Å²) in [5.41, 5.74) is 1.10. The van der Waals surface area contributed by atoms with Crippen molar-refractivity contribution in [1.82, 2.24) is 15.1 Å². The zero-order chi connectivity index (χ0) is 9.26. The van der Waals surface area contributed by atoms with Gasteiger partial charge in [-0.3, -0.25) is 4.68 Å². The first-order valence-corrected chi connectivity index (χ1v) is 4.97. The van der Waals surface area contributed by atoms with Crippen LogP contribution in [0.3, 0.4) is 0 Å². The lowest BCUT2D eigenvalue weighted by Gasteiger charge is -2.14. The monoisotopic (exact) mass is 179 g/mol. The van der Waals surface area contributed by atoms with Gasteiger partial charge in [0, 0.05) is 12.2 Å². The van der Waals surface area contributed by atoms with E-state index in [0.717, 1.165) is 18.2 Å². The van der Waals surface area contributed by atoms with Crippen molar-refractivity contribution in [3.8, 4) is 0 Å². The number of hydrogen-bond donors (Lipinski definition) is 1. The summed E-state index contributed by atoms with van der Waals surface area (Å²) in [6.07, 6.45) is 4.82. The van der Waals surface area contributed by atoms with Crippen molar-refractivity contribution in [2.75, 3.05) is 7.05 Å². The molecule has 1 unspecified atom stereocenters. The fourth-order valence-electron chi connectivity index (χ4n) is 1.74. The van der Waals surface area contributed by atoms with Crippen molar-refractivity contribution < 1.29 is 0 Å². The molecule has 2 rings (SSSR count). The van der Waals surface area contributed by atoms with Crippen LogP contribution >= 0.6 is 0 Å². The highest BCUT2D eigenvalue weighted by Gasteiger charge is 2.30. The van der Waals surface area contributed by atoms with Crippen LogP contribution in [0, 0.1) is 12.8 Å². The third-order valence-corrected chi connectivity index (χ3v) is 2.72. The SMILES string of the molecule is CNC(Cn1ccc(C)n1)C1CC1. The van der Waals surface area contributed by atoms with Crippen LogP contribution in [0.25, 0.3) is 0 Å². The maximum Gasteiger partial charge on any atom is 0.0593 e. The summed E-state index contributed by atoms with van der Waals surface area (Å²) in [6, 6.07) is 2.67. The van der Waals surface area contributed by atoms with Crippen LogP contribution in [0.15, 0.2) is 12.3 Å². The van der Waals surface area contributed by atoms with E-state index in [0.29, 0.717) is 6.04 Å². The minimum absolute atomic E-state index is 0.610. The molecule has 1 aliphatic carbocycles. The predicted octanol–water partition coefficient (Wildman–Crippen LogP) is 1.19. The van der Waals surface area contributed by atoms with Gasteiger partial charge in [-0.25, -0.2) is 0 Å². The van der Waals surface area contributed by atoms with Crippen LogP contribution in [0.2, 0.25) is 0 Å². The van der Waals surface area contributed by atoms with E-state index >= 15 is 0 Å². The summed E-state index contributed by atoms with van der Waals surface area (Å²) < 4.78 is 2.04. The molecule has 1 atom stereocenters. The highest BCUT2D eigenvalue weighted by molar-refractivity contribution is 4.96. The van der Waals surface area contributed by atoms with Crippen molar-refractivity contribution in [1.29, 1.82) is 0 Å². The molecular formula is C10H17N3. The van der Waals surface area contributed by atoms with E-state index in [1.165, 1.54) is 12.8 Å². The molecular weight excluding hydrogens is 162 g/mol. The van der Waals surface area contributed by atoms with E-state index in [4.69, 9.17) is 0 Å². The third-order valence-electron chi connectivity index (χ3n) is 2.72. The van der Waals surface area contributed by atoms with Gasteiger partial charge in [-0.1, -0.05) is 0 Å². The number of aromatic nitrogens is 2. The summed E-state index contributed by atoms with van der Waals surface area (Å²) in [5, 5.41) is 7.75. The van der Waals surface area contributed by atoms with Crippen molar-refractivity contribution in [2.24, 2.45) is 5.92 Å². The van der Waals surface area contributed by atoms with Crippen LogP contribution in [-0.2, 0) is 6.54 Å². The summed E-state index contributed by atoms with van der Waals surface area (Å²) >= 11 is 0. The minimum atomic E-state index is 0.610. The second-order valence-corrected chi connectivity index (χ2v) is 3.91. The average Bonchev–Trinajstić information content (AvgIpc) is 2.87. The Kier molecular flexibility index (Phi) is 2.36. The Hall–Kier alpha value is -0.830. The van der Waals surface area contributed by atoms with Crippen molar-refractivity contribution in [3.05, 3.63) is 18.0 Å². The standard InChI is InChI=1S/C10H17N3/c1-8-5-6-13(12-8)7-10(11-2)9-3-4-9/h5-6,9-11H,3-4,7H2,1-2H3. The molecule has 0 aliphatic heterocycles. The number of nitrogens with one attached hydrogen (secondary N) is 1. The molecule has 0 amide bonds. The summed E-state index contributed by atoms with van der Waals surface area (Å²) in [6.45, 7) is 3.04. The molecule has 0 bridgehead atoms. The first-order valence-electron chi connectivity index (χ1n) is 4.97. The highest BCUT2D eigenvalue weighted by Crippen LogP contribution is 2.32. The molecule has 1 aliphatic rings. The highest BCUT2D eigenvalue weighted by atomic mass is 15.3. The largest absolute Gasteiger partial charge is 0.315 e. The third kappa shape index (κ3) is 2.10. The number of nitrogens with zero attached hydrogens (tertiary/aromatic N) is 2. The Balaban J connectivity index is 1.95. The summed E-state index contributed by atoms with van der Waals surface area (Å²) in [5.74, 6) is 0.884. The first-order chi connectivity index (χ1) is 6.29. The lowest BCUT2D eigenvalue weighted by molar-refractivity contribution is 0.413. The van der Waals surface area contributed by atoms with Gasteiger partial charge in [0.15, 0.2) is 0 Å². The van der Waals surface area contributed by atoms with Gasteiger partial charge < -0.3 is 5.32 Å². The molecule has 0 saturated heterocycles. The maximum atomic E-state index is 4.39. The Morgan fingerprint density at radius 1 is 1.69 bits per heavy atom. The Morgan fingerprint density at radius 3 is 2.92 bits per heavy atom. The minimum Gasteiger partial charge on any atom is -0.315 e. The molecule has 3 heteroatoms. The van der Waals surface area contributed by atoms with E-state index in [9.17, 15) is 0 Å². The molecule has 1 aromatic rings. The lowest BCUT2D eigenvalue weighted by atomic mass is 10.2. The Labute approximate surface area is 79.1 Å². The zero-order valence-electron chi connectivity index (χ0n) is 8.33. The predicted molar refractivity (Wildman–Crippen MR) is 52.5 cm³/mol. The van der Waals surface area contributed by atoms with Gasteiger partial charge in [-0.15, -0.1) is 0 Å². The smallest absolute Gasteiger partial charge is 0.0593 e. The topological polar surface area (TPSA) is 29.9 Å². The van der Waals surface area contributed by atoms with Crippen LogP contribution < -0.4 is 5.32 Å². The molecule has 1 aromatic heterocycles. The molecule has 13 heavy (non-hydrogen) atoms. The normalized spacial score (nSPS) is 18.9. The Bertz CT molecular complexity index is 275. The van der Waals surface area contributed by atoms with Gasteiger partial charge in [0.25, 0.3) is 0 Å². The van der Waals surface area contributed by atoms with E-state index in [-0.39, 0.29) is 0 Å². The molecule has 0 radical (unpaired) electrons. The van der Waals surface area contributed by atoms with E-state index in [2.05, 4.69) is 22.7 Å². The van der Waals surface area contributed by atoms with Gasteiger partial charge in [-0.2, -0.15) is 5.10 Å². The Morgan fingerprint density at radius 2 is 2.46 bits per heavy atom. The molecule has 1 fully saturated rings. The van der Waals surface area contributed by atoms with Gasteiger partial charge in [0.1, 0.15) is 0 Å². The fraction of sp³-hybridized carbons (Fsp3) is 0.700. The molecule has 72 valence electrons. The molecule has 1 heterocycles. The number of aryl methyl sites for hydroxylation is 1. The molecule has 1 saturated carbocycles. The number of likely N-dealkylation sites (N-methyl/N-ethyl adjacent to an activating group) is 1. The molecule has 1 N–H and O–H groups in total. The van der Waals surface area contributed by atoms with Gasteiger partial charge in [0.05, 0.1) is 12.2 Å². The summed E-state index contributed by atoms with van der Waals surface area (Å²) in [7, 11) is 2.04. The lowest BCUT2D eigenvalue weighted by Crippen LogP contribution is -2.32. The molecule has 0 aromatic carbocycles. The number of hydrogen-bond acceptors (Lipinski definition) is 2. The number of rotatable bonds is 4. The second-order valence-electron chi connectivity index (χ2n) is 3.91. The summed E-state index contributed by atoms with van der Waals surface area (Å²) in [4.78, 5) is 0. The van der Waals surface area contributed by atoms with E-state index in [1.54, 1.807) is 0 Å². The van der Waals surface area contributed by atoms with Crippen LogP contribution in [0.1, 0.15) is 18.5 Å². The van der Waals surface area contributed by atoms with Gasteiger partial charge in [-0.05, 0) is 38.8 Å². The van der Waals surface area contributed by atoms with Crippen LogP contribution in [-0.4, -0.2) is 22.9 Å².